The molecule has 0 atom stereocenters. The van der Waals surface area contributed by atoms with Crippen LogP contribution < -0.4 is 10.6 Å². The molecule has 8 heteroatoms. The third kappa shape index (κ3) is 3.00. The van der Waals surface area contributed by atoms with Gasteiger partial charge < -0.3 is 10.6 Å². The summed E-state index contributed by atoms with van der Waals surface area (Å²) in [6.07, 6.45) is 5.13. The topological polar surface area (TPSA) is 80.5 Å². The number of nitrogens with one attached hydrogen (secondary N) is 2. The number of aryl methyl sites for hydroxylation is 1. The van der Waals surface area contributed by atoms with E-state index in [4.69, 9.17) is 0 Å². The molecule has 108 valence electrons. The number of nitrogens with zero attached hydrogens (tertiary/aromatic N) is 5. The van der Waals surface area contributed by atoms with E-state index in [0.29, 0.717) is 24.4 Å². The van der Waals surface area contributed by atoms with Crippen LogP contribution in [0.4, 0.5) is 11.9 Å². The van der Waals surface area contributed by atoms with Gasteiger partial charge in [-0.3, -0.25) is 4.57 Å². The quantitative estimate of drug-likeness (QED) is 0.751. The molecule has 0 saturated heterocycles. The van der Waals surface area contributed by atoms with Crippen LogP contribution in [0.25, 0.3) is 5.95 Å². The van der Waals surface area contributed by atoms with Crippen LogP contribution in [-0.2, 0) is 6.54 Å². The Balaban J connectivity index is 1.84. The molecule has 0 bridgehead atoms. The lowest BCUT2D eigenvalue weighted by Gasteiger charge is -2.08. The van der Waals surface area contributed by atoms with Crippen LogP contribution in [-0.4, -0.2) is 31.6 Å². The van der Waals surface area contributed by atoms with Gasteiger partial charge in [0.05, 0.1) is 6.54 Å². The fourth-order valence-corrected chi connectivity index (χ4v) is 2.64. The van der Waals surface area contributed by atoms with E-state index in [9.17, 15) is 0 Å². The molecule has 7 nitrogen and oxygen atoms in total. The predicted molar refractivity (Wildman–Crippen MR) is 82.9 cm³/mol. The summed E-state index contributed by atoms with van der Waals surface area (Å²) in [6.45, 7) is 2.79. The Hall–Kier alpha value is -2.48. The molecule has 0 saturated carbocycles. The minimum atomic E-state index is 0.513. The minimum absolute atomic E-state index is 0.513. The summed E-state index contributed by atoms with van der Waals surface area (Å²) >= 11 is 1.72. The number of anilines is 2. The number of thiophene rings is 1. The van der Waals surface area contributed by atoms with E-state index in [0.717, 1.165) is 0 Å². The summed E-state index contributed by atoms with van der Waals surface area (Å²) in [5, 5.41) is 8.26. The lowest BCUT2D eigenvalue weighted by atomic mass is 10.3. The van der Waals surface area contributed by atoms with Crippen LogP contribution in [0.5, 0.6) is 0 Å². The molecule has 0 radical (unpaired) electrons. The molecule has 0 spiro atoms. The molecular weight excluding hydrogens is 286 g/mol. The Morgan fingerprint density at radius 2 is 2.10 bits per heavy atom. The average Bonchev–Trinajstić information content (AvgIpc) is 3.16. The van der Waals surface area contributed by atoms with E-state index in [-0.39, 0.29) is 0 Å². The molecular formula is C13H15N7S. The van der Waals surface area contributed by atoms with Crippen molar-refractivity contribution in [3.05, 3.63) is 40.6 Å². The fourth-order valence-electron chi connectivity index (χ4n) is 1.79. The van der Waals surface area contributed by atoms with Crippen LogP contribution in [0.15, 0.2) is 30.2 Å². The van der Waals surface area contributed by atoms with Gasteiger partial charge in [0.25, 0.3) is 0 Å². The first-order valence-electron chi connectivity index (χ1n) is 6.45. The summed E-state index contributed by atoms with van der Waals surface area (Å²) in [4.78, 5) is 18.3. The Bertz CT molecular complexity index is 720. The van der Waals surface area contributed by atoms with Crippen molar-refractivity contribution in [2.75, 3.05) is 17.7 Å². The largest absolute Gasteiger partial charge is 0.357 e. The van der Waals surface area contributed by atoms with E-state index < -0.39 is 0 Å². The van der Waals surface area contributed by atoms with Gasteiger partial charge in [-0.05, 0) is 23.9 Å². The lowest BCUT2D eigenvalue weighted by molar-refractivity contribution is 0.892. The maximum atomic E-state index is 4.41. The summed E-state index contributed by atoms with van der Waals surface area (Å²) in [6, 6.07) is 2.10. The number of hydrogen-bond donors (Lipinski definition) is 2. The van der Waals surface area contributed by atoms with Gasteiger partial charge in [0.15, 0.2) is 0 Å². The highest BCUT2D eigenvalue weighted by Crippen LogP contribution is 2.17. The molecule has 3 heterocycles. The Morgan fingerprint density at radius 3 is 2.76 bits per heavy atom. The van der Waals surface area contributed by atoms with Crippen molar-refractivity contribution >= 4 is 23.2 Å². The van der Waals surface area contributed by atoms with E-state index in [1.54, 1.807) is 41.7 Å². The second-order valence-corrected chi connectivity index (χ2v) is 5.38. The van der Waals surface area contributed by atoms with Crippen molar-refractivity contribution in [2.45, 2.75) is 13.5 Å². The van der Waals surface area contributed by atoms with Gasteiger partial charge in [-0.1, -0.05) is 0 Å². The Morgan fingerprint density at radius 1 is 1.24 bits per heavy atom. The number of rotatable bonds is 5. The first kappa shape index (κ1) is 13.5. The number of imidazole rings is 1. The summed E-state index contributed by atoms with van der Waals surface area (Å²) in [7, 11) is 1.78. The third-order valence-electron chi connectivity index (χ3n) is 2.96. The molecule has 3 aromatic rings. The van der Waals surface area contributed by atoms with E-state index in [1.807, 2.05) is 0 Å². The lowest BCUT2D eigenvalue weighted by Crippen LogP contribution is -2.10. The SMILES string of the molecule is CNc1nc(NCc2sccc2C)nc(-n2ccnc2)n1. The normalized spacial score (nSPS) is 10.6. The standard InChI is InChI=1S/C13H15N7S/c1-9-3-6-21-10(9)7-16-12-17-11(14-2)18-13(19-12)20-5-4-15-8-20/h3-6,8H,7H2,1-2H3,(H2,14,16,17,18,19). The molecule has 3 rings (SSSR count). The molecule has 0 amide bonds. The van der Waals surface area contributed by atoms with Gasteiger partial charge in [0, 0.05) is 24.3 Å². The fraction of sp³-hybridized carbons (Fsp3) is 0.231. The van der Waals surface area contributed by atoms with Crippen LogP contribution in [0.1, 0.15) is 10.4 Å². The van der Waals surface area contributed by atoms with Crippen LogP contribution >= 0.6 is 11.3 Å². The number of aromatic nitrogens is 5. The highest BCUT2D eigenvalue weighted by atomic mass is 32.1. The zero-order valence-electron chi connectivity index (χ0n) is 11.7. The maximum Gasteiger partial charge on any atom is 0.241 e. The Labute approximate surface area is 126 Å². The summed E-state index contributed by atoms with van der Waals surface area (Å²) in [5.74, 6) is 1.57. The minimum Gasteiger partial charge on any atom is -0.357 e. The van der Waals surface area contributed by atoms with Gasteiger partial charge in [-0.15, -0.1) is 11.3 Å². The van der Waals surface area contributed by atoms with Crippen LogP contribution in [0, 0.1) is 6.92 Å². The molecule has 0 aliphatic heterocycles. The van der Waals surface area contributed by atoms with Crippen molar-refractivity contribution in [3.8, 4) is 5.95 Å². The average molecular weight is 301 g/mol. The molecule has 0 unspecified atom stereocenters. The number of hydrogen-bond acceptors (Lipinski definition) is 7. The van der Waals surface area contributed by atoms with Gasteiger partial charge in [0.1, 0.15) is 6.33 Å². The van der Waals surface area contributed by atoms with E-state index in [2.05, 4.69) is 48.9 Å². The second-order valence-electron chi connectivity index (χ2n) is 4.38. The van der Waals surface area contributed by atoms with Crippen molar-refractivity contribution in [1.29, 1.82) is 0 Å². The highest BCUT2D eigenvalue weighted by Gasteiger charge is 2.08. The smallest absolute Gasteiger partial charge is 0.241 e. The molecule has 0 aliphatic carbocycles. The molecule has 3 aromatic heterocycles. The maximum absolute atomic E-state index is 4.41. The first-order valence-corrected chi connectivity index (χ1v) is 7.33. The van der Waals surface area contributed by atoms with Gasteiger partial charge in [-0.25, -0.2) is 4.98 Å². The zero-order chi connectivity index (χ0) is 14.7. The Kier molecular flexibility index (Phi) is 3.78. The van der Waals surface area contributed by atoms with Gasteiger partial charge in [-0.2, -0.15) is 15.0 Å². The second kappa shape index (κ2) is 5.88. The molecule has 0 fully saturated rings. The summed E-state index contributed by atoms with van der Waals surface area (Å²) < 4.78 is 1.74. The highest BCUT2D eigenvalue weighted by molar-refractivity contribution is 7.10. The van der Waals surface area contributed by atoms with E-state index >= 15 is 0 Å². The van der Waals surface area contributed by atoms with Crippen LogP contribution in [0.3, 0.4) is 0 Å². The van der Waals surface area contributed by atoms with E-state index in [1.165, 1.54) is 10.4 Å². The molecule has 0 aliphatic rings. The molecule has 2 N–H and O–H groups in total. The van der Waals surface area contributed by atoms with Crippen molar-refractivity contribution in [1.82, 2.24) is 24.5 Å². The summed E-state index contributed by atoms with van der Waals surface area (Å²) in [5.41, 5.74) is 1.27. The van der Waals surface area contributed by atoms with Gasteiger partial charge in [0.2, 0.25) is 17.8 Å². The predicted octanol–water partition coefficient (Wildman–Crippen LogP) is 2.08. The van der Waals surface area contributed by atoms with Crippen molar-refractivity contribution in [2.24, 2.45) is 0 Å². The zero-order valence-corrected chi connectivity index (χ0v) is 12.6. The molecule has 0 aromatic carbocycles. The van der Waals surface area contributed by atoms with Crippen molar-refractivity contribution < 1.29 is 0 Å². The first-order chi connectivity index (χ1) is 10.3. The molecule has 21 heavy (non-hydrogen) atoms. The van der Waals surface area contributed by atoms with Crippen molar-refractivity contribution in [3.63, 3.8) is 0 Å². The van der Waals surface area contributed by atoms with Gasteiger partial charge >= 0.3 is 0 Å². The monoisotopic (exact) mass is 301 g/mol. The van der Waals surface area contributed by atoms with Crippen LogP contribution in [0.2, 0.25) is 0 Å². The third-order valence-corrected chi connectivity index (χ3v) is 3.98.